The standard InChI is InChI=1S/C20H12ClF6N3/c21-16-5-1-3-12(7-16)18-13(4-2-6-28)11-30(29-18)17-9-14(19(22,23)24)8-15(10-17)20(25,26)27/h1-5,7-11,18,29H. The first-order chi connectivity index (χ1) is 14.0. The van der Waals surface area contributed by atoms with Crippen LogP contribution >= 0.6 is 11.6 Å². The molecule has 0 spiro atoms. The Kier molecular flexibility index (Phi) is 5.83. The molecular weight excluding hydrogens is 432 g/mol. The van der Waals surface area contributed by atoms with E-state index in [1.54, 1.807) is 30.3 Å². The molecule has 0 bridgehead atoms. The van der Waals surface area contributed by atoms with Crippen LogP contribution in [0, 0.1) is 11.3 Å². The maximum Gasteiger partial charge on any atom is 0.416 e. The van der Waals surface area contributed by atoms with E-state index in [1.807, 2.05) is 0 Å². The van der Waals surface area contributed by atoms with Crippen LogP contribution in [0.15, 0.2) is 66.4 Å². The van der Waals surface area contributed by atoms with E-state index in [-0.39, 0.29) is 11.8 Å². The van der Waals surface area contributed by atoms with Gasteiger partial charge in [0.25, 0.3) is 0 Å². The molecule has 0 fully saturated rings. The van der Waals surface area contributed by atoms with Crippen LogP contribution in [0.5, 0.6) is 0 Å². The van der Waals surface area contributed by atoms with Crippen molar-refractivity contribution >= 4 is 17.3 Å². The topological polar surface area (TPSA) is 39.1 Å². The summed E-state index contributed by atoms with van der Waals surface area (Å²) >= 11 is 5.99. The maximum atomic E-state index is 13.2. The van der Waals surface area contributed by atoms with Crippen LogP contribution in [-0.2, 0) is 12.4 Å². The van der Waals surface area contributed by atoms with Gasteiger partial charge in [0.05, 0.1) is 28.9 Å². The van der Waals surface area contributed by atoms with Crippen molar-refractivity contribution in [2.75, 3.05) is 5.01 Å². The highest BCUT2D eigenvalue weighted by molar-refractivity contribution is 6.30. The number of anilines is 1. The highest BCUT2D eigenvalue weighted by atomic mass is 35.5. The van der Waals surface area contributed by atoms with E-state index in [0.717, 1.165) is 11.1 Å². The number of benzene rings is 2. The van der Waals surface area contributed by atoms with Gasteiger partial charge in [0, 0.05) is 17.3 Å². The van der Waals surface area contributed by atoms with Crippen molar-refractivity contribution in [3.8, 4) is 6.07 Å². The first kappa shape index (κ1) is 21.7. The third kappa shape index (κ3) is 4.78. The average molecular weight is 444 g/mol. The predicted molar refractivity (Wildman–Crippen MR) is 99.1 cm³/mol. The Morgan fingerprint density at radius 1 is 1.00 bits per heavy atom. The molecular formula is C20H12ClF6N3. The van der Waals surface area contributed by atoms with Gasteiger partial charge in [-0.05, 0) is 47.5 Å². The van der Waals surface area contributed by atoms with Crippen LogP contribution < -0.4 is 10.4 Å². The van der Waals surface area contributed by atoms with Crippen molar-refractivity contribution < 1.29 is 26.3 Å². The number of halogens is 7. The molecule has 156 valence electrons. The lowest BCUT2D eigenvalue weighted by molar-refractivity contribution is -0.143. The highest BCUT2D eigenvalue weighted by Gasteiger charge is 2.38. The molecule has 0 aliphatic carbocycles. The molecule has 0 aromatic heterocycles. The van der Waals surface area contributed by atoms with Gasteiger partial charge in [-0.2, -0.15) is 31.6 Å². The summed E-state index contributed by atoms with van der Waals surface area (Å²) in [7, 11) is 0. The van der Waals surface area contributed by atoms with Gasteiger partial charge in [0.2, 0.25) is 0 Å². The summed E-state index contributed by atoms with van der Waals surface area (Å²) in [6, 6.07) is 9.02. The molecule has 1 aliphatic heterocycles. The summed E-state index contributed by atoms with van der Waals surface area (Å²) in [6.07, 6.45) is -6.03. The van der Waals surface area contributed by atoms with Gasteiger partial charge in [-0.15, -0.1) is 0 Å². The number of nitrogens with one attached hydrogen (secondary N) is 1. The first-order valence-electron chi connectivity index (χ1n) is 8.37. The number of hydrogen-bond acceptors (Lipinski definition) is 3. The number of nitrogens with zero attached hydrogens (tertiary/aromatic N) is 2. The molecule has 1 N–H and O–H groups in total. The van der Waals surface area contributed by atoms with Crippen molar-refractivity contribution in [2.24, 2.45) is 0 Å². The maximum absolute atomic E-state index is 13.2. The number of hydrogen-bond donors (Lipinski definition) is 1. The first-order valence-corrected chi connectivity index (χ1v) is 8.75. The lowest BCUT2D eigenvalue weighted by Crippen LogP contribution is -2.31. The predicted octanol–water partition coefficient (Wildman–Crippen LogP) is 6.41. The van der Waals surface area contributed by atoms with E-state index in [9.17, 15) is 26.3 Å². The van der Waals surface area contributed by atoms with E-state index in [4.69, 9.17) is 16.9 Å². The minimum absolute atomic E-state index is 0.0637. The van der Waals surface area contributed by atoms with Gasteiger partial charge in [-0.1, -0.05) is 23.7 Å². The molecule has 0 saturated carbocycles. The van der Waals surface area contributed by atoms with Crippen molar-refractivity contribution in [3.05, 3.63) is 88.1 Å². The van der Waals surface area contributed by atoms with E-state index >= 15 is 0 Å². The summed E-state index contributed by atoms with van der Waals surface area (Å²) < 4.78 is 79.0. The van der Waals surface area contributed by atoms with Gasteiger partial charge >= 0.3 is 12.4 Å². The number of alkyl halides is 6. The number of nitriles is 1. The molecule has 0 saturated heterocycles. The fraction of sp³-hybridized carbons (Fsp3) is 0.150. The Hall–Kier alpha value is -2.96. The van der Waals surface area contributed by atoms with E-state index in [2.05, 4.69) is 5.43 Å². The van der Waals surface area contributed by atoms with Crippen molar-refractivity contribution in [1.82, 2.24) is 5.43 Å². The highest BCUT2D eigenvalue weighted by Crippen LogP contribution is 2.40. The molecule has 1 atom stereocenters. The van der Waals surface area contributed by atoms with Crippen LogP contribution in [0.25, 0.3) is 0 Å². The monoisotopic (exact) mass is 443 g/mol. The zero-order valence-corrected chi connectivity index (χ0v) is 15.6. The van der Waals surface area contributed by atoms with Gasteiger partial charge < -0.3 is 0 Å². The summed E-state index contributed by atoms with van der Waals surface area (Å²) in [5.41, 5.74) is 0.703. The molecule has 0 amide bonds. The van der Waals surface area contributed by atoms with Gasteiger partial charge in [0.1, 0.15) is 0 Å². The second kappa shape index (κ2) is 8.05. The Morgan fingerprint density at radius 3 is 2.17 bits per heavy atom. The summed E-state index contributed by atoms with van der Waals surface area (Å²) in [5.74, 6) is 0. The molecule has 3 nitrogen and oxygen atoms in total. The van der Waals surface area contributed by atoms with Crippen molar-refractivity contribution in [3.63, 3.8) is 0 Å². The third-order valence-electron chi connectivity index (χ3n) is 4.26. The Morgan fingerprint density at radius 2 is 1.63 bits per heavy atom. The molecule has 1 aliphatic rings. The summed E-state index contributed by atoms with van der Waals surface area (Å²) in [4.78, 5) is 0. The van der Waals surface area contributed by atoms with Crippen LogP contribution in [0.4, 0.5) is 32.0 Å². The Bertz CT molecular complexity index is 1020. The van der Waals surface area contributed by atoms with Gasteiger partial charge in [-0.3, -0.25) is 5.01 Å². The van der Waals surface area contributed by atoms with Crippen LogP contribution in [-0.4, -0.2) is 0 Å². The van der Waals surface area contributed by atoms with Gasteiger partial charge in [-0.25, -0.2) is 5.43 Å². The minimum atomic E-state index is -4.96. The largest absolute Gasteiger partial charge is 0.416 e. The Labute approximate surface area is 172 Å². The molecule has 30 heavy (non-hydrogen) atoms. The molecule has 1 heterocycles. The molecule has 2 aromatic rings. The second-order valence-corrected chi connectivity index (χ2v) is 6.78. The lowest BCUT2D eigenvalue weighted by Gasteiger charge is -2.23. The number of allylic oxidation sites excluding steroid dienone is 1. The second-order valence-electron chi connectivity index (χ2n) is 6.34. The zero-order valence-electron chi connectivity index (χ0n) is 14.9. The fourth-order valence-corrected chi connectivity index (χ4v) is 3.13. The zero-order chi connectivity index (χ0) is 22.1. The van der Waals surface area contributed by atoms with Crippen LogP contribution in [0.1, 0.15) is 22.7 Å². The molecule has 10 heteroatoms. The van der Waals surface area contributed by atoms with E-state index in [0.29, 0.717) is 28.3 Å². The smallest absolute Gasteiger partial charge is 0.283 e. The minimum Gasteiger partial charge on any atom is -0.283 e. The van der Waals surface area contributed by atoms with Crippen LogP contribution in [0.3, 0.4) is 0 Å². The normalized spacial score (nSPS) is 17.3. The number of rotatable bonds is 3. The number of hydrazine groups is 1. The summed E-state index contributed by atoms with van der Waals surface area (Å²) in [6.45, 7) is 0. The SMILES string of the molecule is N#CC=CC1=CN(c2cc(C(F)(F)F)cc(C(F)(F)F)c2)NC1c1cccc(Cl)c1. The Balaban J connectivity index is 2.08. The summed E-state index contributed by atoms with van der Waals surface area (Å²) in [5, 5.41) is 10.3. The van der Waals surface area contributed by atoms with Crippen molar-refractivity contribution in [2.45, 2.75) is 18.4 Å². The molecule has 0 radical (unpaired) electrons. The van der Waals surface area contributed by atoms with Gasteiger partial charge in [0.15, 0.2) is 0 Å². The van der Waals surface area contributed by atoms with E-state index < -0.39 is 29.5 Å². The van der Waals surface area contributed by atoms with Crippen molar-refractivity contribution in [1.29, 1.82) is 5.26 Å². The quantitative estimate of drug-likeness (QED) is 0.440. The molecule has 3 rings (SSSR count). The van der Waals surface area contributed by atoms with Crippen LogP contribution in [0.2, 0.25) is 5.02 Å². The molecule has 1 unspecified atom stereocenters. The average Bonchev–Trinajstić information content (AvgIpc) is 3.09. The van der Waals surface area contributed by atoms with E-state index in [1.165, 1.54) is 12.3 Å². The third-order valence-corrected chi connectivity index (χ3v) is 4.50. The lowest BCUT2D eigenvalue weighted by atomic mass is 10.0. The molecule has 2 aromatic carbocycles. The fourth-order valence-electron chi connectivity index (χ4n) is 2.93.